The van der Waals surface area contributed by atoms with Gasteiger partial charge in [0.25, 0.3) is 0 Å². The number of carboxylic acids is 1. The summed E-state index contributed by atoms with van der Waals surface area (Å²) in [4.78, 5) is 26.3. The van der Waals surface area contributed by atoms with Crippen molar-refractivity contribution in [3.05, 3.63) is 0 Å². The van der Waals surface area contributed by atoms with E-state index in [1.165, 1.54) is 4.90 Å². The molecule has 2 unspecified atom stereocenters. The van der Waals surface area contributed by atoms with Crippen LogP contribution in [0.15, 0.2) is 0 Å². The largest absolute Gasteiger partial charge is 0.481 e. The van der Waals surface area contributed by atoms with E-state index in [0.717, 1.165) is 19.3 Å². The van der Waals surface area contributed by atoms with E-state index in [1.54, 1.807) is 18.9 Å². The molecule has 110 valence electrons. The van der Waals surface area contributed by atoms with Crippen molar-refractivity contribution in [1.82, 2.24) is 9.80 Å². The first-order valence-electron chi connectivity index (χ1n) is 6.83. The van der Waals surface area contributed by atoms with Gasteiger partial charge in [-0.05, 0) is 32.6 Å². The number of amides is 2. The van der Waals surface area contributed by atoms with Crippen LogP contribution in [0.1, 0.15) is 39.0 Å². The van der Waals surface area contributed by atoms with Gasteiger partial charge >= 0.3 is 12.0 Å². The molecule has 1 saturated heterocycles. The first-order valence-corrected chi connectivity index (χ1v) is 6.83. The molecule has 0 spiro atoms. The first-order chi connectivity index (χ1) is 8.97. The lowest BCUT2D eigenvalue weighted by atomic mass is 9.98. The fraction of sp³-hybridized carbons (Fsp3) is 0.846. The van der Waals surface area contributed by atoms with E-state index in [1.807, 2.05) is 0 Å². The number of carboxylic acid groups (broad SMARTS) is 1. The van der Waals surface area contributed by atoms with Gasteiger partial charge in [0.05, 0.1) is 12.6 Å². The monoisotopic (exact) mass is 272 g/mol. The summed E-state index contributed by atoms with van der Waals surface area (Å²) in [5.41, 5.74) is 0. The Bertz CT molecular complexity index is 322. The Morgan fingerprint density at radius 2 is 2.11 bits per heavy atom. The van der Waals surface area contributed by atoms with E-state index in [2.05, 4.69) is 0 Å². The fourth-order valence-electron chi connectivity index (χ4n) is 2.36. The summed E-state index contributed by atoms with van der Waals surface area (Å²) in [6, 6.07) is -0.336. The molecule has 6 heteroatoms. The highest BCUT2D eigenvalue weighted by molar-refractivity contribution is 5.75. The minimum atomic E-state index is -0.824. The Kier molecular flexibility index (Phi) is 6.08. The highest BCUT2D eigenvalue weighted by atomic mass is 16.4. The number of piperidine rings is 1. The van der Waals surface area contributed by atoms with Crippen LogP contribution in [0.3, 0.4) is 0 Å². The lowest BCUT2D eigenvalue weighted by molar-refractivity contribution is -0.137. The van der Waals surface area contributed by atoms with Crippen LogP contribution in [-0.2, 0) is 4.79 Å². The molecular weight excluding hydrogens is 248 g/mol. The number of aliphatic hydroxyl groups excluding tert-OH is 1. The maximum atomic E-state index is 12.3. The molecule has 0 aromatic carbocycles. The number of likely N-dealkylation sites (N-methyl/N-ethyl adjacent to an activating group) is 1. The van der Waals surface area contributed by atoms with Crippen LogP contribution in [0, 0.1) is 0 Å². The minimum absolute atomic E-state index is 0.00527. The molecule has 1 aliphatic rings. The highest BCUT2D eigenvalue weighted by Gasteiger charge is 2.30. The average Bonchev–Trinajstić information content (AvgIpc) is 2.42. The van der Waals surface area contributed by atoms with Crippen molar-refractivity contribution in [3.63, 3.8) is 0 Å². The fourth-order valence-corrected chi connectivity index (χ4v) is 2.36. The number of hydrogen-bond acceptors (Lipinski definition) is 3. The third-order valence-corrected chi connectivity index (χ3v) is 3.79. The predicted octanol–water partition coefficient (Wildman–Crippen LogP) is 1.14. The van der Waals surface area contributed by atoms with Crippen molar-refractivity contribution < 1.29 is 19.8 Å². The quantitative estimate of drug-likeness (QED) is 0.786. The second-order valence-electron chi connectivity index (χ2n) is 5.20. The second-order valence-corrected chi connectivity index (χ2v) is 5.20. The zero-order valence-electron chi connectivity index (χ0n) is 11.7. The average molecular weight is 272 g/mol. The summed E-state index contributed by atoms with van der Waals surface area (Å²) >= 11 is 0. The molecule has 0 aliphatic carbocycles. The Morgan fingerprint density at radius 1 is 1.42 bits per heavy atom. The summed E-state index contributed by atoms with van der Waals surface area (Å²) in [7, 11) is 1.67. The Labute approximate surface area is 114 Å². The van der Waals surface area contributed by atoms with Crippen molar-refractivity contribution >= 4 is 12.0 Å². The maximum absolute atomic E-state index is 12.3. The molecule has 1 rings (SSSR count). The van der Waals surface area contributed by atoms with Crippen molar-refractivity contribution in [2.45, 2.75) is 51.1 Å². The molecule has 2 amide bonds. The van der Waals surface area contributed by atoms with Crippen LogP contribution >= 0.6 is 0 Å². The lowest BCUT2D eigenvalue weighted by Gasteiger charge is -2.39. The zero-order chi connectivity index (χ0) is 14.4. The van der Waals surface area contributed by atoms with E-state index >= 15 is 0 Å². The van der Waals surface area contributed by atoms with Crippen molar-refractivity contribution in [2.75, 3.05) is 20.2 Å². The highest BCUT2D eigenvalue weighted by Crippen LogP contribution is 2.22. The normalized spacial score (nSPS) is 21.0. The summed E-state index contributed by atoms with van der Waals surface area (Å²) in [5.74, 6) is -0.824. The molecule has 1 heterocycles. The van der Waals surface area contributed by atoms with E-state index in [-0.39, 0.29) is 31.1 Å². The topological polar surface area (TPSA) is 81.1 Å². The molecule has 2 atom stereocenters. The SMILES string of the molecule is CC(CO)N(C)C(=O)N1CCCCC1CCC(=O)O. The Hall–Kier alpha value is -1.30. The number of carbonyl (C=O) groups is 2. The van der Waals surface area contributed by atoms with E-state index < -0.39 is 5.97 Å². The predicted molar refractivity (Wildman–Crippen MR) is 70.9 cm³/mol. The summed E-state index contributed by atoms with van der Waals surface area (Å²) < 4.78 is 0. The molecule has 2 N–H and O–H groups in total. The van der Waals surface area contributed by atoms with Crippen molar-refractivity contribution in [3.8, 4) is 0 Å². The third-order valence-electron chi connectivity index (χ3n) is 3.79. The first kappa shape index (κ1) is 15.8. The number of aliphatic carboxylic acids is 1. The standard InChI is InChI=1S/C13H24N2O4/c1-10(9-16)14(2)13(19)15-8-4-3-5-11(15)6-7-12(17)18/h10-11,16H,3-9H2,1-2H3,(H,17,18). The minimum Gasteiger partial charge on any atom is -0.481 e. The molecule has 0 bridgehead atoms. The summed E-state index contributed by atoms with van der Waals surface area (Å²) in [5, 5.41) is 17.9. The van der Waals surface area contributed by atoms with E-state index in [9.17, 15) is 9.59 Å². The van der Waals surface area contributed by atoms with Gasteiger partial charge in [0.15, 0.2) is 0 Å². The van der Waals surface area contributed by atoms with Gasteiger partial charge in [-0.15, -0.1) is 0 Å². The summed E-state index contributed by atoms with van der Waals surface area (Å²) in [6.45, 7) is 2.38. The van der Waals surface area contributed by atoms with Crippen molar-refractivity contribution in [2.24, 2.45) is 0 Å². The van der Waals surface area contributed by atoms with Gasteiger partial charge in [-0.3, -0.25) is 4.79 Å². The van der Waals surface area contributed by atoms with Gasteiger partial charge in [0.1, 0.15) is 0 Å². The molecule has 0 aromatic heterocycles. The molecule has 6 nitrogen and oxygen atoms in total. The molecule has 0 radical (unpaired) electrons. The Morgan fingerprint density at radius 3 is 2.68 bits per heavy atom. The lowest BCUT2D eigenvalue weighted by Crippen LogP contribution is -2.52. The maximum Gasteiger partial charge on any atom is 0.320 e. The molecule has 0 saturated carbocycles. The number of nitrogens with zero attached hydrogens (tertiary/aromatic N) is 2. The van der Waals surface area contributed by atoms with Crippen LogP contribution in [0.2, 0.25) is 0 Å². The number of rotatable bonds is 5. The number of likely N-dealkylation sites (tertiary alicyclic amines) is 1. The van der Waals surface area contributed by atoms with Crippen LogP contribution in [0.5, 0.6) is 0 Å². The van der Waals surface area contributed by atoms with Gasteiger partial charge in [-0.2, -0.15) is 0 Å². The number of urea groups is 1. The molecule has 1 fully saturated rings. The van der Waals surface area contributed by atoms with Gasteiger partial charge in [0, 0.05) is 26.1 Å². The van der Waals surface area contributed by atoms with E-state index in [4.69, 9.17) is 10.2 Å². The van der Waals surface area contributed by atoms with Gasteiger partial charge < -0.3 is 20.0 Å². The van der Waals surface area contributed by atoms with Crippen molar-refractivity contribution in [1.29, 1.82) is 0 Å². The Balaban J connectivity index is 2.65. The second kappa shape index (κ2) is 7.33. The van der Waals surface area contributed by atoms with Gasteiger partial charge in [-0.1, -0.05) is 0 Å². The number of hydrogen-bond donors (Lipinski definition) is 2. The smallest absolute Gasteiger partial charge is 0.320 e. The van der Waals surface area contributed by atoms with Crippen LogP contribution < -0.4 is 0 Å². The van der Waals surface area contributed by atoms with Crippen LogP contribution in [0.4, 0.5) is 4.79 Å². The zero-order valence-corrected chi connectivity index (χ0v) is 11.7. The van der Waals surface area contributed by atoms with Gasteiger partial charge in [-0.25, -0.2) is 4.79 Å². The number of aliphatic hydroxyl groups is 1. The molecule has 1 aliphatic heterocycles. The molecule has 0 aromatic rings. The third kappa shape index (κ3) is 4.38. The molecular formula is C13H24N2O4. The van der Waals surface area contributed by atoms with Crippen LogP contribution in [-0.4, -0.2) is 64.3 Å². The van der Waals surface area contributed by atoms with E-state index in [0.29, 0.717) is 13.0 Å². The van der Waals surface area contributed by atoms with Crippen LogP contribution in [0.25, 0.3) is 0 Å². The van der Waals surface area contributed by atoms with Gasteiger partial charge in [0.2, 0.25) is 0 Å². The number of carbonyl (C=O) groups excluding carboxylic acids is 1. The molecule has 19 heavy (non-hydrogen) atoms. The summed E-state index contributed by atoms with van der Waals surface area (Å²) in [6.07, 6.45) is 3.44.